The van der Waals surface area contributed by atoms with Gasteiger partial charge in [-0.2, -0.15) is 0 Å². The van der Waals surface area contributed by atoms with Gasteiger partial charge in [-0.25, -0.2) is 0 Å². The van der Waals surface area contributed by atoms with Crippen LogP contribution in [0.25, 0.3) is 0 Å². The lowest BCUT2D eigenvalue weighted by Gasteiger charge is -2.25. The highest BCUT2D eigenvalue weighted by atomic mass is 16.6. The average molecular weight is 250 g/mol. The number of rotatable bonds is 5. The third-order valence-corrected chi connectivity index (χ3v) is 3.37. The Labute approximate surface area is 111 Å². The van der Waals surface area contributed by atoms with Crippen LogP contribution in [0.3, 0.4) is 0 Å². The number of aliphatic hydroxyl groups excluding tert-OH is 1. The lowest BCUT2D eigenvalue weighted by atomic mass is 9.97. The van der Waals surface area contributed by atoms with E-state index in [1.54, 1.807) is 0 Å². The van der Waals surface area contributed by atoms with Gasteiger partial charge in [0, 0.05) is 5.57 Å². The quantitative estimate of drug-likeness (QED) is 0.587. The van der Waals surface area contributed by atoms with Gasteiger partial charge in [-0.05, 0) is 33.6 Å². The van der Waals surface area contributed by atoms with Gasteiger partial charge < -0.3 is 9.84 Å². The van der Waals surface area contributed by atoms with Crippen molar-refractivity contribution < 1.29 is 9.84 Å². The molecule has 0 aromatic heterocycles. The predicted octanol–water partition coefficient (Wildman–Crippen LogP) is 4.12. The van der Waals surface area contributed by atoms with Crippen molar-refractivity contribution in [2.45, 2.75) is 65.3 Å². The fraction of sp³-hybridized carbons (Fsp3) is 0.625. The van der Waals surface area contributed by atoms with Crippen LogP contribution in [-0.2, 0) is 4.74 Å². The molecule has 2 nitrogen and oxygen atoms in total. The fourth-order valence-electron chi connectivity index (χ4n) is 2.20. The van der Waals surface area contributed by atoms with Gasteiger partial charge in [-0.1, -0.05) is 49.1 Å². The van der Waals surface area contributed by atoms with Gasteiger partial charge in [0.15, 0.2) is 6.29 Å². The van der Waals surface area contributed by atoms with Crippen molar-refractivity contribution in [3.63, 3.8) is 0 Å². The van der Waals surface area contributed by atoms with Gasteiger partial charge in [0.1, 0.15) is 0 Å². The number of hydrogen-bond acceptors (Lipinski definition) is 2. The summed E-state index contributed by atoms with van der Waals surface area (Å²) in [6.07, 6.45) is 13.1. The molecule has 1 rings (SSSR count). The highest BCUT2D eigenvalue weighted by molar-refractivity contribution is 5.30. The van der Waals surface area contributed by atoms with E-state index in [0.717, 1.165) is 24.0 Å². The van der Waals surface area contributed by atoms with E-state index < -0.39 is 6.29 Å². The molecule has 0 aliphatic heterocycles. The van der Waals surface area contributed by atoms with Crippen molar-refractivity contribution in [1.82, 2.24) is 0 Å². The summed E-state index contributed by atoms with van der Waals surface area (Å²) in [5.41, 5.74) is 1.97. The third kappa shape index (κ3) is 5.19. The van der Waals surface area contributed by atoms with Crippen LogP contribution in [0, 0.1) is 0 Å². The minimum absolute atomic E-state index is 0.216. The van der Waals surface area contributed by atoms with Gasteiger partial charge in [0.2, 0.25) is 0 Å². The molecule has 1 atom stereocenters. The Bertz CT molecular complexity index is 320. The third-order valence-electron chi connectivity index (χ3n) is 3.37. The van der Waals surface area contributed by atoms with E-state index in [2.05, 4.69) is 0 Å². The van der Waals surface area contributed by atoms with Gasteiger partial charge in [0.25, 0.3) is 0 Å². The summed E-state index contributed by atoms with van der Waals surface area (Å²) < 4.78 is 5.76. The Balaban J connectivity index is 2.64. The number of allylic oxidation sites excluding steroid dienone is 4. The summed E-state index contributed by atoms with van der Waals surface area (Å²) in [4.78, 5) is 0. The molecule has 0 aromatic carbocycles. The molecule has 1 aliphatic rings. The van der Waals surface area contributed by atoms with Crippen LogP contribution in [0.1, 0.15) is 52.9 Å². The Hall–Kier alpha value is -0.860. The molecule has 1 unspecified atom stereocenters. The van der Waals surface area contributed by atoms with Gasteiger partial charge >= 0.3 is 0 Å². The van der Waals surface area contributed by atoms with Crippen molar-refractivity contribution >= 4 is 0 Å². The number of aliphatic hydroxyl groups is 1. The molecule has 1 aliphatic carbocycles. The van der Waals surface area contributed by atoms with Crippen LogP contribution in [0.2, 0.25) is 0 Å². The standard InChI is InChI=1S/C16H26O2/c1-4-9-14(12-13(3)5-2)16(17)18-15-10-7-6-8-11-15/h4-5,9,12,15-17H,6-8,10-11H2,1-3H3/b9-4-,13-5-,14-12+. The van der Waals surface area contributed by atoms with Gasteiger partial charge in [-0.15, -0.1) is 0 Å². The molecule has 2 heteroatoms. The highest BCUT2D eigenvalue weighted by Crippen LogP contribution is 2.23. The normalized spacial score (nSPS) is 21.6. The second-order valence-corrected chi connectivity index (χ2v) is 4.93. The Morgan fingerprint density at radius 2 is 1.89 bits per heavy atom. The van der Waals surface area contributed by atoms with E-state index in [1.165, 1.54) is 19.3 Å². The van der Waals surface area contributed by atoms with Crippen LogP contribution in [0.15, 0.2) is 35.5 Å². The Morgan fingerprint density at radius 1 is 1.22 bits per heavy atom. The van der Waals surface area contributed by atoms with E-state index in [9.17, 15) is 5.11 Å². The smallest absolute Gasteiger partial charge is 0.181 e. The first-order valence-electron chi connectivity index (χ1n) is 6.98. The van der Waals surface area contributed by atoms with Gasteiger partial charge in [-0.3, -0.25) is 0 Å². The van der Waals surface area contributed by atoms with Crippen molar-refractivity contribution in [1.29, 1.82) is 0 Å². The molecule has 0 heterocycles. The molecule has 1 fully saturated rings. The van der Waals surface area contributed by atoms with Crippen molar-refractivity contribution in [2.75, 3.05) is 0 Å². The maximum atomic E-state index is 10.2. The van der Waals surface area contributed by atoms with Crippen LogP contribution < -0.4 is 0 Å². The molecule has 1 saturated carbocycles. The first kappa shape index (κ1) is 15.2. The monoisotopic (exact) mass is 250 g/mol. The summed E-state index contributed by atoms with van der Waals surface area (Å²) in [7, 11) is 0. The van der Waals surface area contributed by atoms with E-state index in [0.29, 0.717) is 0 Å². The first-order valence-corrected chi connectivity index (χ1v) is 6.98. The molecule has 0 aromatic rings. The summed E-state index contributed by atoms with van der Waals surface area (Å²) in [6, 6.07) is 0. The second-order valence-electron chi connectivity index (χ2n) is 4.93. The van der Waals surface area contributed by atoms with E-state index in [4.69, 9.17) is 4.74 Å². The SMILES string of the molecule is C\C=C/C(=C\C(C)=C/C)C(O)OC1CCCCC1. The lowest BCUT2D eigenvalue weighted by Crippen LogP contribution is -2.25. The zero-order valence-electron chi connectivity index (χ0n) is 11.9. The highest BCUT2D eigenvalue weighted by Gasteiger charge is 2.19. The van der Waals surface area contributed by atoms with Crippen LogP contribution in [0.4, 0.5) is 0 Å². The molecule has 18 heavy (non-hydrogen) atoms. The molecule has 0 saturated heterocycles. The van der Waals surface area contributed by atoms with Crippen molar-refractivity contribution in [3.05, 3.63) is 35.5 Å². The van der Waals surface area contributed by atoms with Crippen molar-refractivity contribution in [3.8, 4) is 0 Å². The first-order chi connectivity index (χ1) is 8.67. The van der Waals surface area contributed by atoms with Crippen molar-refractivity contribution in [2.24, 2.45) is 0 Å². The van der Waals surface area contributed by atoms with Crippen LogP contribution in [-0.4, -0.2) is 17.5 Å². The predicted molar refractivity (Wildman–Crippen MR) is 76.3 cm³/mol. The summed E-state index contributed by atoms with van der Waals surface area (Å²) in [5.74, 6) is 0. The summed E-state index contributed by atoms with van der Waals surface area (Å²) in [5, 5.41) is 10.2. The number of ether oxygens (including phenoxy) is 1. The molecule has 102 valence electrons. The zero-order valence-corrected chi connectivity index (χ0v) is 11.9. The van der Waals surface area contributed by atoms with E-state index in [1.807, 2.05) is 45.1 Å². The topological polar surface area (TPSA) is 29.5 Å². The Morgan fingerprint density at radius 3 is 2.44 bits per heavy atom. The molecular weight excluding hydrogens is 224 g/mol. The van der Waals surface area contributed by atoms with E-state index in [-0.39, 0.29) is 6.10 Å². The average Bonchev–Trinajstić information content (AvgIpc) is 2.39. The fourth-order valence-corrected chi connectivity index (χ4v) is 2.20. The molecule has 0 amide bonds. The summed E-state index contributed by atoms with van der Waals surface area (Å²) >= 11 is 0. The molecule has 0 bridgehead atoms. The zero-order chi connectivity index (χ0) is 13.4. The van der Waals surface area contributed by atoms with E-state index >= 15 is 0 Å². The summed E-state index contributed by atoms with van der Waals surface area (Å²) in [6.45, 7) is 5.97. The van der Waals surface area contributed by atoms with Crippen LogP contribution >= 0.6 is 0 Å². The largest absolute Gasteiger partial charge is 0.364 e. The Kier molecular flexibility index (Phi) is 6.99. The van der Waals surface area contributed by atoms with Crippen LogP contribution in [0.5, 0.6) is 0 Å². The minimum atomic E-state index is -0.806. The molecule has 0 radical (unpaired) electrons. The maximum Gasteiger partial charge on any atom is 0.181 e. The molecule has 1 N–H and O–H groups in total. The second kappa shape index (κ2) is 8.28. The minimum Gasteiger partial charge on any atom is -0.364 e. The van der Waals surface area contributed by atoms with Gasteiger partial charge in [0.05, 0.1) is 6.10 Å². The lowest BCUT2D eigenvalue weighted by molar-refractivity contribution is -0.119. The molecule has 0 spiro atoms. The maximum absolute atomic E-state index is 10.2. The molecular formula is C16H26O2. The number of hydrogen-bond donors (Lipinski definition) is 1.